The molecule has 1 atom stereocenters. The third-order valence-corrected chi connectivity index (χ3v) is 4.02. The Bertz CT molecular complexity index is 737. The van der Waals surface area contributed by atoms with Gasteiger partial charge in [0.1, 0.15) is 17.5 Å². The minimum atomic E-state index is -4.61. The Labute approximate surface area is 158 Å². The summed E-state index contributed by atoms with van der Waals surface area (Å²) in [6.45, 7) is 4.96. The molecule has 1 aliphatic rings. The van der Waals surface area contributed by atoms with Gasteiger partial charge in [0.2, 0.25) is 0 Å². The van der Waals surface area contributed by atoms with E-state index in [2.05, 4.69) is 4.98 Å². The smallest absolute Gasteiger partial charge is 0.417 e. The summed E-state index contributed by atoms with van der Waals surface area (Å²) in [4.78, 5) is 30.0. The zero-order valence-corrected chi connectivity index (χ0v) is 15.6. The zero-order valence-electron chi connectivity index (χ0n) is 14.9. The molecule has 1 amide bonds. The molecule has 11 heteroatoms. The van der Waals surface area contributed by atoms with Crippen LogP contribution < -0.4 is 4.90 Å². The third kappa shape index (κ3) is 5.15. The van der Waals surface area contributed by atoms with Crippen molar-refractivity contribution >= 4 is 29.5 Å². The van der Waals surface area contributed by atoms with E-state index in [0.29, 0.717) is 12.3 Å². The number of piperazine rings is 1. The van der Waals surface area contributed by atoms with Gasteiger partial charge in [-0.2, -0.15) is 13.2 Å². The lowest BCUT2D eigenvalue weighted by Gasteiger charge is -2.40. The van der Waals surface area contributed by atoms with E-state index in [4.69, 9.17) is 16.3 Å². The highest BCUT2D eigenvalue weighted by Gasteiger charge is 2.38. The normalized spacial score (nSPS) is 18.4. The van der Waals surface area contributed by atoms with Gasteiger partial charge in [-0.15, -0.1) is 0 Å². The van der Waals surface area contributed by atoms with E-state index in [1.165, 1.54) is 9.80 Å². The van der Waals surface area contributed by atoms with Gasteiger partial charge in [0.25, 0.3) is 0 Å². The van der Waals surface area contributed by atoms with E-state index in [0.717, 1.165) is 0 Å². The molecule has 0 aromatic carbocycles. The predicted octanol–water partition coefficient (Wildman–Crippen LogP) is 3.26. The van der Waals surface area contributed by atoms with Crippen LogP contribution in [-0.4, -0.2) is 58.3 Å². The maximum atomic E-state index is 12.8. The fourth-order valence-electron chi connectivity index (χ4n) is 2.54. The Balaban J connectivity index is 2.24. The van der Waals surface area contributed by atoms with Crippen molar-refractivity contribution in [1.29, 1.82) is 0 Å². The topological polar surface area (TPSA) is 83.0 Å². The van der Waals surface area contributed by atoms with Crippen LogP contribution in [0.3, 0.4) is 0 Å². The van der Waals surface area contributed by atoms with Gasteiger partial charge in [-0.05, 0) is 26.8 Å². The van der Waals surface area contributed by atoms with Crippen molar-refractivity contribution in [2.24, 2.45) is 0 Å². The Morgan fingerprint density at radius 2 is 1.93 bits per heavy atom. The maximum absolute atomic E-state index is 12.8. The number of alkyl halides is 3. The van der Waals surface area contributed by atoms with Crippen LogP contribution in [0.25, 0.3) is 0 Å². The summed E-state index contributed by atoms with van der Waals surface area (Å²) in [5.74, 6) is -1.35. The van der Waals surface area contributed by atoms with Gasteiger partial charge in [-0.25, -0.2) is 14.6 Å². The third-order valence-electron chi connectivity index (χ3n) is 3.74. The lowest BCUT2D eigenvalue weighted by Crippen LogP contribution is -2.58. The molecular formula is C16H19ClF3N3O4. The number of aliphatic carboxylic acids is 1. The quantitative estimate of drug-likeness (QED) is 0.807. The van der Waals surface area contributed by atoms with Gasteiger partial charge in [0, 0.05) is 19.3 Å². The van der Waals surface area contributed by atoms with E-state index in [1.807, 2.05) is 0 Å². The molecule has 0 radical (unpaired) electrons. The first-order valence-electron chi connectivity index (χ1n) is 7.99. The number of pyridine rings is 1. The SMILES string of the molecule is CC(C)(C)OC(=O)N1CCN(c2ncc(C(F)(F)F)cc2Cl)[C@H](C(=O)O)C1. The average Bonchev–Trinajstić information content (AvgIpc) is 2.51. The molecule has 1 aliphatic heterocycles. The fourth-order valence-corrected chi connectivity index (χ4v) is 2.81. The molecule has 0 unspecified atom stereocenters. The summed E-state index contributed by atoms with van der Waals surface area (Å²) in [6, 6.07) is -0.531. The number of nitrogens with zero attached hydrogens (tertiary/aromatic N) is 3. The summed E-state index contributed by atoms with van der Waals surface area (Å²) >= 11 is 5.92. The van der Waals surface area contributed by atoms with E-state index in [1.54, 1.807) is 20.8 Å². The van der Waals surface area contributed by atoms with Crippen LogP contribution in [0.1, 0.15) is 26.3 Å². The van der Waals surface area contributed by atoms with E-state index >= 15 is 0 Å². The van der Waals surface area contributed by atoms with Crippen molar-refractivity contribution in [1.82, 2.24) is 9.88 Å². The second kappa shape index (κ2) is 7.41. The van der Waals surface area contributed by atoms with Crippen molar-refractivity contribution in [2.45, 2.75) is 38.6 Å². The largest absolute Gasteiger partial charge is 0.480 e. The Hall–Kier alpha value is -2.23. The Kier molecular flexibility index (Phi) is 5.79. The number of halogens is 4. The number of aromatic nitrogens is 1. The van der Waals surface area contributed by atoms with Crippen LogP contribution in [0.5, 0.6) is 0 Å². The number of anilines is 1. The number of carboxylic acid groups (broad SMARTS) is 1. The molecule has 2 rings (SSSR count). The highest BCUT2D eigenvalue weighted by Crippen LogP contribution is 2.34. The number of rotatable bonds is 2. The van der Waals surface area contributed by atoms with Crippen LogP contribution >= 0.6 is 11.6 Å². The summed E-state index contributed by atoms with van der Waals surface area (Å²) in [7, 11) is 0. The standard InChI is InChI=1S/C16H19ClF3N3O4/c1-15(2,3)27-14(26)22-4-5-23(11(8-22)13(24)25)12-10(17)6-9(7-21-12)16(18,19)20/h6-7,11H,4-5,8H2,1-3H3,(H,24,25)/t11-/m0/s1. The lowest BCUT2D eigenvalue weighted by molar-refractivity contribution is -0.140. The van der Waals surface area contributed by atoms with Gasteiger partial charge >= 0.3 is 18.2 Å². The first-order chi connectivity index (χ1) is 12.3. The van der Waals surface area contributed by atoms with Crippen molar-refractivity contribution < 1.29 is 32.6 Å². The van der Waals surface area contributed by atoms with Gasteiger partial charge in [0.15, 0.2) is 0 Å². The Morgan fingerprint density at radius 1 is 1.30 bits per heavy atom. The first kappa shape index (κ1) is 21.1. The van der Waals surface area contributed by atoms with Crippen molar-refractivity contribution in [2.75, 3.05) is 24.5 Å². The number of carbonyl (C=O) groups is 2. The van der Waals surface area contributed by atoms with Gasteiger partial charge < -0.3 is 19.6 Å². The molecular weight excluding hydrogens is 391 g/mol. The molecule has 1 N–H and O–H groups in total. The molecule has 1 aromatic rings. The predicted molar refractivity (Wildman–Crippen MR) is 90.8 cm³/mol. The molecule has 150 valence electrons. The van der Waals surface area contributed by atoms with Gasteiger partial charge in [-0.1, -0.05) is 11.6 Å². The minimum Gasteiger partial charge on any atom is -0.480 e. The van der Waals surface area contributed by atoms with Crippen LogP contribution in [0.2, 0.25) is 5.02 Å². The molecule has 0 aliphatic carbocycles. The molecule has 0 saturated carbocycles. The first-order valence-corrected chi connectivity index (χ1v) is 8.37. The molecule has 1 saturated heterocycles. The number of carboxylic acids is 1. The zero-order chi connectivity index (χ0) is 20.6. The summed E-state index contributed by atoms with van der Waals surface area (Å²) < 4.78 is 43.5. The summed E-state index contributed by atoms with van der Waals surface area (Å²) in [5, 5.41) is 9.19. The monoisotopic (exact) mass is 409 g/mol. The van der Waals surface area contributed by atoms with Crippen LogP contribution in [0.15, 0.2) is 12.3 Å². The second-order valence-electron chi connectivity index (χ2n) is 7.00. The molecule has 1 aromatic heterocycles. The van der Waals surface area contributed by atoms with Crippen molar-refractivity contribution in [3.63, 3.8) is 0 Å². The van der Waals surface area contributed by atoms with Gasteiger partial charge in [0.05, 0.1) is 17.1 Å². The Morgan fingerprint density at radius 3 is 2.41 bits per heavy atom. The number of hydrogen-bond acceptors (Lipinski definition) is 5. The fraction of sp³-hybridized carbons (Fsp3) is 0.562. The van der Waals surface area contributed by atoms with Crippen molar-refractivity contribution in [3.05, 3.63) is 22.8 Å². The molecule has 7 nitrogen and oxygen atoms in total. The van der Waals surface area contributed by atoms with E-state index in [9.17, 15) is 27.9 Å². The average molecular weight is 410 g/mol. The van der Waals surface area contributed by atoms with E-state index < -0.39 is 35.4 Å². The molecule has 2 heterocycles. The van der Waals surface area contributed by atoms with Crippen molar-refractivity contribution in [3.8, 4) is 0 Å². The lowest BCUT2D eigenvalue weighted by atomic mass is 10.1. The van der Waals surface area contributed by atoms with Gasteiger partial charge in [-0.3, -0.25) is 0 Å². The number of hydrogen-bond donors (Lipinski definition) is 1. The molecule has 27 heavy (non-hydrogen) atoms. The highest BCUT2D eigenvalue weighted by atomic mass is 35.5. The second-order valence-corrected chi connectivity index (χ2v) is 7.41. The molecule has 1 fully saturated rings. The summed E-state index contributed by atoms with van der Waals surface area (Å²) in [6.07, 6.45) is -4.68. The number of ether oxygens (including phenoxy) is 1. The molecule has 0 bridgehead atoms. The van der Waals surface area contributed by atoms with Crippen LogP contribution in [0.4, 0.5) is 23.8 Å². The van der Waals surface area contributed by atoms with E-state index in [-0.39, 0.29) is 30.5 Å². The number of carbonyl (C=O) groups excluding carboxylic acids is 1. The van der Waals surface area contributed by atoms with Crippen LogP contribution in [-0.2, 0) is 15.7 Å². The maximum Gasteiger partial charge on any atom is 0.417 e. The van der Waals surface area contributed by atoms with Crippen LogP contribution in [0, 0.1) is 0 Å². The highest BCUT2D eigenvalue weighted by molar-refractivity contribution is 6.33. The minimum absolute atomic E-state index is 0.0221. The summed E-state index contributed by atoms with van der Waals surface area (Å²) in [5.41, 5.74) is -1.78. The molecule has 0 spiro atoms. The number of amides is 1.